The number of nitrogens with one attached hydrogen (secondary N) is 1. The first kappa shape index (κ1) is 17.5. The number of hydrogen-bond donors (Lipinski definition) is 3. The standard InChI is InChI=1S/C15H20N2O5/c1-15(2,3)22-14(21)17-11(12(16)18)8-9-4-6-10(7-5-9)13(19)20/h4-7,11H,8H2,1-3H3,(H2,16,18)(H,17,21)(H,19,20)/t11-/m0/s1. The van der Waals surface area contributed by atoms with Crippen molar-refractivity contribution in [2.24, 2.45) is 5.73 Å². The smallest absolute Gasteiger partial charge is 0.408 e. The van der Waals surface area contributed by atoms with Crippen molar-refractivity contribution in [3.63, 3.8) is 0 Å². The Kier molecular flexibility index (Phi) is 5.50. The molecule has 0 heterocycles. The summed E-state index contributed by atoms with van der Waals surface area (Å²) in [7, 11) is 0. The van der Waals surface area contributed by atoms with Crippen LogP contribution >= 0.6 is 0 Å². The second-order valence-corrected chi connectivity index (χ2v) is 5.81. The number of ether oxygens (including phenoxy) is 1. The number of carbonyl (C=O) groups is 3. The molecular formula is C15H20N2O5. The molecule has 0 saturated heterocycles. The van der Waals surface area contributed by atoms with Crippen LogP contribution in [0, 0.1) is 0 Å². The van der Waals surface area contributed by atoms with Gasteiger partial charge >= 0.3 is 12.1 Å². The molecule has 0 saturated carbocycles. The van der Waals surface area contributed by atoms with Crippen LogP contribution in [0.25, 0.3) is 0 Å². The quantitative estimate of drug-likeness (QED) is 0.757. The van der Waals surface area contributed by atoms with Gasteiger partial charge in [0.1, 0.15) is 11.6 Å². The lowest BCUT2D eigenvalue weighted by molar-refractivity contribution is -0.120. The molecule has 2 amide bonds. The van der Waals surface area contributed by atoms with Gasteiger partial charge in [-0.15, -0.1) is 0 Å². The topological polar surface area (TPSA) is 119 Å². The van der Waals surface area contributed by atoms with Crippen molar-refractivity contribution in [1.29, 1.82) is 0 Å². The third kappa shape index (κ3) is 5.82. The Morgan fingerprint density at radius 1 is 1.23 bits per heavy atom. The van der Waals surface area contributed by atoms with Crippen molar-refractivity contribution in [2.45, 2.75) is 38.8 Å². The number of carbonyl (C=O) groups excluding carboxylic acids is 2. The fourth-order valence-corrected chi connectivity index (χ4v) is 1.69. The SMILES string of the molecule is CC(C)(C)OC(=O)N[C@@H](Cc1ccc(C(=O)O)cc1)C(N)=O. The van der Waals surface area contributed by atoms with Crippen LogP contribution in [0.1, 0.15) is 36.7 Å². The molecule has 0 aliphatic rings. The minimum absolute atomic E-state index is 0.138. The van der Waals surface area contributed by atoms with Gasteiger partial charge in [0.2, 0.25) is 5.91 Å². The van der Waals surface area contributed by atoms with Gasteiger partial charge in [0.05, 0.1) is 5.56 Å². The Balaban J connectivity index is 2.74. The maximum atomic E-state index is 11.7. The molecule has 1 aromatic rings. The number of amides is 2. The molecule has 0 aliphatic carbocycles. The highest BCUT2D eigenvalue weighted by Gasteiger charge is 2.23. The summed E-state index contributed by atoms with van der Waals surface area (Å²) in [6, 6.07) is 5.03. The van der Waals surface area contributed by atoms with Gasteiger partial charge in [-0.25, -0.2) is 9.59 Å². The number of hydrogen-bond acceptors (Lipinski definition) is 4. The van der Waals surface area contributed by atoms with Gasteiger partial charge in [-0.1, -0.05) is 12.1 Å². The van der Waals surface area contributed by atoms with Crippen LogP contribution in [-0.2, 0) is 16.0 Å². The summed E-state index contributed by atoms with van der Waals surface area (Å²) in [5.41, 5.74) is 5.40. The second-order valence-electron chi connectivity index (χ2n) is 5.81. The van der Waals surface area contributed by atoms with Crippen molar-refractivity contribution >= 4 is 18.0 Å². The fraction of sp³-hybridized carbons (Fsp3) is 0.400. The van der Waals surface area contributed by atoms with Gasteiger partial charge in [-0.05, 0) is 38.5 Å². The molecule has 1 aromatic carbocycles. The van der Waals surface area contributed by atoms with Gasteiger partial charge in [-0.2, -0.15) is 0 Å². The van der Waals surface area contributed by atoms with E-state index in [9.17, 15) is 14.4 Å². The largest absolute Gasteiger partial charge is 0.478 e. The second kappa shape index (κ2) is 6.93. The highest BCUT2D eigenvalue weighted by atomic mass is 16.6. The van der Waals surface area contributed by atoms with Crippen LogP contribution in [0.3, 0.4) is 0 Å². The van der Waals surface area contributed by atoms with E-state index in [0.29, 0.717) is 5.56 Å². The van der Waals surface area contributed by atoms with Crippen molar-refractivity contribution in [3.05, 3.63) is 35.4 Å². The van der Waals surface area contributed by atoms with Crippen molar-refractivity contribution < 1.29 is 24.2 Å². The summed E-state index contributed by atoms with van der Waals surface area (Å²) in [6.07, 6.45) is -0.590. The van der Waals surface area contributed by atoms with E-state index in [1.807, 2.05) is 0 Å². The number of benzene rings is 1. The average molecular weight is 308 g/mol. The van der Waals surface area contributed by atoms with E-state index in [1.54, 1.807) is 32.9 Å². The molecule has 7 nitrogen and oxygen atoms in total. The zero-order chi connectivity index (χ0) is 16.9. The molecule has 7 heteroatoms. The lowest BCUT2D eigenvalue weighted by Crippen LogP contribution is -2.47. The first-order valence-corrected chi connectivity index (χ1v) is 6.69. The number of aromatic carboxylic acids is 1. The third-order valence-electron chi connectivity index (χ3n) is 2.68. The molecule has 0 radical (unpaired) electrons. The summed E-state index contributed by atoms with van der Waals surface area (Å²) >= 11 is 0. The molecular weight excluding hydrogens is 288 g/mol. The molecule has 1 rings (SSSR count). The van der Waals surface area contributed by atoms with Crippen LogP contribution in [0.2, 0.25) is 0 Å². The molecule has 4 N–H and O–H groups in total. The Labute approximate surface area is 128 Å². The predicted molar refractivity (Wildman–Crippen MR) is 79.5 cm³/mol. The molecule has 0 fully saturated rings. The van der Waals surface area contributed by atoms with Gasteiger partial charge in [-0.3, -0.25) is 4.79 Å². The molecule has 120 valence electrons. The van der Waals surface area contributed by atoms with Crippen molar-refractivity contribution in [1.82, 2.24) is 5.32 Å². The highest BCUT2D eigenvalue weighted by Crippen LogP contribution is 2.09. The van der Waals surface area contributed by atoms with Gasteiger partial charge in [0, 0.05) is 6.42 Å². The monoisotopic (exact) mass is 308 g/mol. The number of alkyl carbamates (subject to hydrolysis) is 1. The zero-order valence-electron chi connectivity index (χ0n) is 12.8. The van der Waals surface area contributed by atoms with E-state index in [-0.39, 0.29) is 12.0 Å². The van der Waals surface area contributed by atoms with Gasteiger partial charge < -0.3 is 20.9 Å². The molecule has 0 unspecified atom stereocenters. The lowest BCUT2D eigenvalue weighted by atomic mass is 10.0. The van der Waals surface area contributed by atoms with Gasteiger partial charge in [0.15, 0.2) is 0 Å². The van der Waals surface area contributed by atoms with Crippen LogP contribution in [-0.4, -0.2) is 34.7 Å². The molecule has 0 bridgehead atoms. The van der Waals surface area contributed by atoms with Crippen LogP contribution in [0.4, 0.5) is 4.79 Å². The van der Waals surface area contributed by atoms with E-state index in [4.69, 9.17) is 15.6 Å². The Morgan fingerprint density at radius 2 is 1.77 bits per heavy atom. The van der Waals surface area contributed by atoms with E-state index in [1.165, 1.54) is 12.1 Å². The summed E-state index contributed by atoms with van der Waals surface area (Å²) in [5.74, 6) is -1.74. The fourth-order valence-electron chi connectivity index (χ4n) is 1.69. The van der Waals surface area contributed by atoms with E-state index < -0.39 is 29.6 Å². The third-order valence-corrected chi connectivity index (χ3v) is 2.68. The summed E-state index contributed by atoms with van der Waals surface area (Å²) in [4.78, 5) is 33.9. The Hall–Kier alpha value is -2.57. The van der Waals surface area contributed by atoms with Crippen LogP contribution < -0.4 is 11.1 Å². The molecule has 22 heavy (non-hydrogen) atoms. The predicted octanol–water partition coefficient (Wildman–Crippen LogP) is 1.31. The highest BCUT2D eigenvalue weighted by molar-refractivity contribution is 5.87. The molecule has 1 atom stereocenters. The minimum atomic E-state index is -1.04. The normalized spacial score (nSPS) is 12.3. The van der Waals surface area contributed by atoms with Crippen molar-refractivity contribution in [2.75, 3.05) is 0 Å². The van der Waals surface area contributed by atoms with Gasteiger partial charge in [0.25, 0.3) is 0 Å². The number of nitrogens with two attached hydrogens (primary N) is 1. The number of carboxylic acids is 1. The van der Waals surface area contributed by atoms with Crippen LogP contribution in [0.15, 0.2) is 24.3 Å². The minimum Gasteiger partial charge on any atom is -0.478 e. The lowest BCUT2D eigenvalue weighted by Gasteiger charge is -2.22. The molecule has 0 spiro atoms. The average Bonchev–Trinajstić information content (AvgIpc) is 2.36. The Morgan fingerprint density at radius 3 is 2.18 bits per heavy atom. The van der Waals surface area contributed by atoms with E-state index in [2.05, 4.69) is 5.32 Å². The Bertz CT molecular complexity index is 560. The summed E-state index contributed by atoms with van der Waals surface area (Å²) < 4.78 is 5.07. The van der Waals surface area contributed by atoms with Crippen molar-refractivity contribution in [3.8, 4) is 0 Å². The molecule has 0 aromatic heterocycles. The number of rotatable bonds is 5. The first-order valence-electron chi connectivity index (χ1n) is 6.69. The van der Waals surface area contributed by atoms with E-state index >= 15 is 0 Å². The number of primary amides is 1. The summed E-state index contributed by atoms with van der Waals surface area (Å²) in [5, 5.41) is 11.2. The van der Waals surface area contributed by atoms with Crippen LogP contribution in [0.5, 0.6) is 0 Å². The molecule has 0 aliphatic heterocycles. The maximum absolute atomic E-state index is 11.7. The summed E-state index contributed by atoms with van der Waals surface area (Å²) in [6.45, 7) is 5.11. The first-order chi connectivity index (χ1) is 10.1. The van der Waals surface area contributed by atoms with E-state index in [0.717, 1.165) is 0 Å². The maximum Gasteiger partial charge on any atom is 0.408 e. The zero-order valence-corrected chi connectivity index (χ0v) is 12.8. The number of carboxylic acid groups (broad SMARTS) is 1.